The molecule has 1 N–H and O–H groups in total. The zero-order valence-electron chi connectivity index (χ0n) is 18.1. The second kappa shape index (κ2) is 9.72. The van der Waals surface area contributed by atoms with Crippen molar-refractivity contribution in [2.45, 2.75) is 59.4 Å². The molecule has 0 aliphatic rings. The number of halogens is 2. The van der Waals surface area contributed by atoms with Gasteiger partial charge < -0.3 is 4.57 Å². The second-order valence-electron chi connectivity index (χ2n) is 7.74. The van der Waals surface area contributed by atoms with Gasteiger partial charge in [-0.15, -0.1) is 0 Å². The van der Waals surface area contributed by atoms with E-state index in [1.54, 1.807) is 6.20 Å². The van der Waals surface area contributed by atoms with Crippen LogP contribution in [0.25, 0.3) is 11.0 Å². The van der Waals surface area contributed by atoms with Gasteiger partial charge in [0.05, 0.1) is 23.2 Å². The second-order valence-corrected chi connectivity index (χ2v) is 9.58. The van der Waals surface area contributed by atoms with Crippen LogP contribution in [0.3, 0.4) is 0 Å². The average molecular weight is 451 g/mol. The number of hydrogen-bond acceptors (Lipinski definition) is 4. The highest BCUT2D eigenvalue weighted by atomic mass is 32.2. The SMILES string of the molecule is CCCCc1nc2cnc(C)c(C)c2n1CCCCS(=O)(=O)Nc1ccc(F)cc1F. The molecule has 3 rings (SSSR count). The van der Waals surface area contributed by atoms with Crippen molar-refractivity contribution in [3.8, 4) is 0 Å². The molecule has 9 heteroatoms. The summed E-state index contributed by atoms with van der Waals surface area (Å²) in [6, 6.07) is 2.75. The number of benzene rings is 1. The normalized spacial score (nSPS) is 11.9. The van der Waals surface area contributed by atoms with Crippen molar-refractivity contribution in [3.63, 3.8) is 0 Å². The van der Waals surface area contributed by atoms with Crippen LogP contribution in [0.2, 0.25) is 0 Å². The zero-order chi connectivity index (χ0) is 22.6. The van der Waals surface area contributed by atoms with E-state index in [0.717, 1.165) is 59.5 Å². The van der Waals surface area contributed by atoms with Crippen LogP contribution in [0.1, 0.15) is 49.7 Å². The molecule has 0 spiro atoms. The summed E-state index contributed by atoms with van der Waals surface area (Å²) in [5, 5.41) is 0. The zero-order valence-corrected chi connectivity index (χ0v) is 18.9. The molecular weight excluding hydrogens is 422 g/mol. The summed E-state index contributed by atoms with van der Waals surface area (Å²) in [5.74, 6) is -0.858. The Labute approximate surface area is 181 Å². The van der Waals surface area contributed by atoms with E-state index in [1.807, 2.05) is 13.8 Å². The molecule has 0 aliphatic carbocycles. The van der Waals surface area contributed by atoms with Crippen LogP contribution in [-0.4, -0.2) is 28.7 Å². The fourth-order valence-corrected chi connectivity index (χ4v) is 4.74. The minimum Gasteiger partial charge on any atom is -0.328 e. The third-order valence-electron chi connectivity index (χ3n) is 5.35. The summed E-state index contributed by atoms with van der Waals surface area (Å²) in [6.45, 7) is 6.76. The van der Waals surface area contributed by atoms with Crippen molar-refractivity contribution in [2.24, 2.45) is 0 Å². The molecule has 3 aromatic rings. The van der Waals surface area contributed by atoms with E-state index in [2.05, 4.69) is 21.2 Å². The number of aryl methyl sites for hydroxylation is 4. The van der Waals surface area contributed by atoms with Gasteiger partial charge in [0.2, 0.25) is 10.0 Å². The van der Waals surface area contributed by atoms with Gasteiger partial charge in [-0.05, 0) is 50.8 Å². The third-order valence-corrected chi connectivity index (χ3v) is 6.70. The summed E-state index contributed by atoms with van der Waals surface area (Å²) in [6.07, 6.45) is 5.74. The van der Waals surface area contributed by atoms with Gasteiger partial charge >= 0.3 is 0 Å². The highest BCUT2D eigenvalue weighted by Gasteiger charge is 2.16. The minimum absolute atomic E-state index is 0.152. The molecule has 0 unspecified atom stereocenters. The molecule has 0 radical (unpaired) electrons. The topological polar surface area (TPSA) is 76.9 Å². The van der Waals surface area contributed by atoms with E-state index >= 15 is 0 Å². The Morgan fingerprint density at radius 3 is 2.61 bits per heavy atom. The van der Waals surface area contributed by atoms with Gasteiger partial charge in [-0.2, -0.15) is 0 Å². The molecule has 2 heterocycles. The first-order valence-corrected chi connectivity index (χ1v) is 12.1. The largest absolute Gasteiger partial charge is 0.328 e. The molecule has 0 saturated heterocycles. The minimum atomic E-state index is -3.74. The Morgan fingerprint density at radius 2 is 1.90 bits per heavy atom. The highest BCUT2D eigenvalue weighted by molar-refractivity contribution is 7.92. The van der Waals surface area contributed by atoms with Gasteiger partial charge in [0.1, 0.15) is 23.0 Å². The monoisotopic (exact) mass is 450 g/mol. The lowest BCUT2D eigenvalue weighted by Crippen LogP contribution is -2.18. The Morgan fingerprint density at radius 1 is 1.13 bits per heavy atom. The van der Waals surface area contributed by atoms with Crippen LogP contribution in [0.5, 0.6) is 0 Å². The first kappa shape index (κ1) is 23.1. The number of anilines is 1. The highest BCUT2D eigenvalue weighted by Crippen LogP contribution is 2.23. The lowest BCUT2D eigenvalue weighted by Gasteiger charge is -2.12. The Bertz CT molecular complexity index is 1180. The van der Waals surface area contributed by atoms with Crippen molar-refractivity contribution >= 4 is 26.7 Å². The molecule has 31 heavy (non-hydrogen) atoms. The van der Waals surface area contributed by atoms with E-state index < -0.39 is 21.7 Å². The Kier molecular flexibility index (Phi) is 7.25. The standard InChI is InChI=1S/C22H28F2N4O2S/c1-4-5-8-21-26-20-14-25-16(3)15(2)22(20)28(21)11-6-7-12-31(29,30)27-19-10-9-17(23)13-18(19)24/h9-10,13-14,27H,4-8,11-12H2,1-3H3. The summed E-state index contributed by atoms with van der Waals surface area (Å²) in [4.78, 5) is 9.16. The van der Waals surface area contributed by atoms with E-state index in [0.29, 0.717) is 25.5 Å². The fraction of sp³-hybridized carbons (Fsp3) is 0.455. The van der Waals surface area contributed by atoms with E-state index in [9.17, 15) is 17.2 Å². The van der Waals surface area contributed by atoms with Crippen molar-refractivity contribution in [1.82, 2.24) is 14.5 Å². The number of rotatable bonds is 10. The number of unbranched alkanes of at least 4 members (excludes halogenated alkanes) is 2. The van der Waals surface area contributed by atoms with Crippen LogP contribution < -0.4 is 4.72 Å². The predicted octanol–water partition coefficient (Wildman–Crippen LogP) is 4.89. The molecule has 0 atom stereocenters. The number of nitrogens with zero attached hydrogens (tertiary/aromatic N) is 3. The number of pyridine rings is 1. The van der Waals surface area contributed by atoms with Gasteiger partial charge in [0.15, 0.2) is 0 Å². The Hall–Kier alpha value is -2.55. The molecule has 0 saturated carbocycles. The fourth-order valence-electron chi connectivity index (χ4n) is 3.55. The van der Waals surface area contributed by atoms with Crippen molar-refractivity contribution in [2.75, 3.05) is 10.5 Å². The van der Waals surface area contributed by atoms with E-state index in [-0.39, 0.29) is 11.4 Å². The summed E-state index contributed by atoms with van der Waals surface area (Å²) in [7, 11) is -3.74. The maximum absolute atomic E-state index is 13.7. The first-order chi connectivity index (χ1) is 14.7. The van der Waals surface area contributed by atoms with E-state index in [4.69, 9.17) is 4.98 Å². The van der Waals surface area contributed by atoms with Crippen LogP contribution in [-0.2, 0) is 23.0 Å². The number of aromatic nitrogens is 3. The number of sulfonamides is 1. The lowest BCUT2D eigenvalue weighted by molar-refractivity contribution is 0.576. The third kappa shape index (κ3) is 5.58. The quantitative estimate of drug-likeness (QED) is 0.446. The van der Waals surface area contributed by atoms with Gasteiger partial charge in [0.25, 0.3) is 0 Å². The van der Waals surface area contributed by atoms with Gasteiger partial charge in [-0.1, -0.05) is 13.3 Å². The van der Waals surface area contributed by atoms with Crippen LogP contribution in [0.4, 0.5) is 14.5 Å². The summed E-state index contributed by atoms with van der Waals surface area (Å²) in [5.41, 5.74) is 3.68. The molecule has 6 nitrogen and oxygen atoms in total. The molecule has 0 amide bonds. The molecule has 1 aromatic carbocycles. The van der Waals surface area contributed by atoms with Crippen molar-refractivity contribution < 1.29 is 17.2 Å². The number of fused-ring (bicyclic) bond motifs is 1. The van der Waals surface area contributed by atoms with Gasteiger partial charge in [-0.25, -0.2) is 22.2 Å². The smallest absolute Gasteiger partial charge is 0.232 e. The summed E-state index contributed by atoms with van der Waals surface area (Å²) >= 11 is 0. The van der Waals surface area contributed by atoms with Gasteiger partial charge in [-0.3, -0.25) is 9.71 Å². The number of imidazole rings is 1. The molecule has 0 fully saturated rings. The van der Waals surface area contributed by atoms with Crippen molar-refractivity contribution in [3.05, 3.63) is 53.1 Å². The summed E-state index contributed by atoms with van der Waals surface area (Å²) < 4.78 is 55.8. The number of hydrogen-bond donors (Lipinski definition) is 1. The van der Waals surface area contributed by atoms with Crippen LogP contribution >= 0.6 is 0 Å². The maximum atomic E-state index is 13.7. The Balaban J connectivity index is 1.68. The van der Waals surface area contributed by atoms with Crippen molar-refractivity contribution in [1.29, 1.82) is 0 Å². The predicted molar refractivity (Wildman–Crippen MR) is 119 cm³/mol. The number of nitrogens with one attached hydrogen (secondary N) is 1. The lowest BCUT2D eigenvalue weighted by atomic mass is 10.2. The molecule has 0 bridgehead atoms. The van der Waals surface area contributed by atoms with E-state index in [1.165, 1.54) is 0 Å². The maximum Gasteiger partial charge on any atom is 0.232 e. The average Bonchev–Trinajstić information content (AvgIpc) is 3.07. The molecular formula is C22H28F2N4O2S. The van der Waals surface area contributed by atoms with Gasteiger partial charge in [0, 0.05) is 24.7 Å². The first-order valence-electron chi connectivity index (χ1n) is 10.5. The molecule has 2 aromatic heterocycles. The van der Waals surface area contributed by atoms with Crippen LogP contribution in [0, 0.1) is 25.5 Å². The molecule has 168 valence electrons. The van der Waals surface area contributed by atoms with Crippen LogP contribution in [0.15, 0.2) is 24.4 Å². The molecule has 0 aliphatic heterocycles.